The average Bonchev–Trinajstić information content (AvgIpc) is 3.39. The predicted octanol–water partition coefficient (Wildman–Crippen LogP) is 4.59. The first kappa shape index (κ1) is 25.6. The van der Waals surface area contributed by atoms with E-state index in [1.165, 1.54) is 12.5 Å². The third kappa shape index (κ3) is 5.46. The summed E-state index contributed by atoms with van der Waals surface area (Å²) in [7, 11) is 1.89. The fourth-order valence-corrected chi connectivity index (χ4v) is 4.58. The molecule has 0 amide bonds. The number of rotatable bonds is 7. The average molecular weight is 533 g/mol. The Kier molecular flexibility index (Phi) is 7.00. The van der Waals surface area contributed by atoms with E-state index in [1.54, 1.807) is 24.4 Å². The highest BCUT2D eigenvalue weighted by molar-refractivity contribution is 6.32. The lowest BCUT2D eigenvalue weighted by atomic mass is 9.91. The maximum atomic E-state index is 10.4. The van der Waals surface area contributed by atoms with Gasteiger partial charge < -0.3 is 24.6 Å². The first-order valence-electron chi connectivity index (χ1n) is 12.2. The number of halogens is 1. The molecule has 1 unspecified atom stereocenters. The third-order valence-corrected chi connectivity index (χ3v) is 6.87. The first-order valence-corrected chi connectivity index (χ1v) is 12.6. The van der Waals surface area contributed by atoms with Gasteiger partial charge >= 0.3 is 0 Å². The summed E-state index contributed by atoms with van der Waals surface area (Å²) in [5.74, 6) is 2.38. The molecular formula is C27H29ClN8O2. The fourth-order valence-electron chi connectivity index (χ4n) is 4.36. The molecule has 196 valence electrons. The Morgan fingerprint density at radius 3 is 2.82 bits per heavy atom. The quantitative estimate of drug-likeness (QED) is 0.355. The largest absolute Gasteiger partial charge is 0.456 e. The highest BCUT2D eigenvalue weighted by Crippen LogP contribution is 2.33. The van der Waals surface area contributed by atoms with E-state index in [9.17, 15) is 5.11 Å². The summed E-state index contributed by atoms with van der Waals surface area (Å²) in [6.45, 7) is 8.79. The molecule has 0 aliphatic carbocycles. The number of anilines is 3. The fraction of sp³-hybridized carbons (Fsp3) is 0.296. The normalized spacial score (nSPS) is 16.2. The van der Waals surface area contributed by atoms with Crippen LogP contribution in [0.5, 0.6) is 11.5 Å². The lowest BCUT2D eigenvalue weighted by molar-refractivity contribution is 0.0263. The van der Waals surface area contributed by atoms with Crippen molar-refractivity contribution in [2.24, 2.45) is 18.0 Å². The van der Waals surface area contributed by atoms with E-state index in [0.29, 0.717) is 57.0 Å². The Bertz CT molecular complexity index is 1560. The van der Waals surface area contributed by atoms with Crippen molar-refractivity contribution in [1.29, 1.82) is 0 Å². The smallest absolute Gasteiger partial charge is 0.226 e. The molecule has 0 spiro atoms. The van der Waals surface area contributed by atoms with Crippen LogP contribution in [-0.4, -0.2) is 48.3 Å². The van der Waals surface area contributed by atoms with Crippen LogP contribution in [-0.2, 0) is 7.05 Å². The molecule has 5 rings (SSSR count). The van der Waals surface area contributed by atoms with Crippen molar-refractivity contribution in [2.75, 3.05) is 23.3 Å². The molecule has 1 fully saturated rings. The van der Waals surface area contributed by atoms with Crippen LogP contribution in [0.4, 0.5) is 17.5 Å². The van der Waals surface area contributed by atoms with Crippen LogP contribution in [0.25, 0.3) is 11.0 Å². The van der Waals surface area contributed by atoms with Gasteiger partial charge in [-0.25, -0.2) is 24.9 Å². The van der Waals surface area contributed by atoms with Gasteiger partial charge in [0.25, 0.3) is 0 Å². The molecule has 0 bridgehead atoms. The van der Waals surface area contributed by atoms with E-state index in [-0.39, 0.29) is 5.92 Å². The SMILES string of the molecule is C=CN=c1cc(Oc2ccc(Nc3ncnc4cnc(N5CCC(C(C)(C)O)C5)nc34)cc2Cl)ccn1C. The zero-order valence-corrected chi connectivity index (χ0v) is 22.2. The van der Waals surface area contributed by atoms with Crippen LogP contribution in [0.15, 0.2) is 66.8 Å². The number of hydrogen-bond donors (Lipinski definition) is 2. The Balaban J connectivity index is 1.37. The molecule has 1 saturated heterocycles. The van der Waals surface area contributed by atoms with Gasteiger partial charge in [-0.1, -0.05) is 18.2 Å². The molecule has 38 heavy (non-hydrogen) atoms. The Morgan fingerprint density at radius 1 is 1.24 bits per heavy atom. The third-order valence-electron chi connectivity index (χ3n) is 6.58. The molecule has 4 aromatic rings. The lowest BCUT2D eigenvalue weighted by Gasteiger charge is -2.25. The number of pyridine rings is 1. The molecule has 1 aliphatic rings. The Hall–Kier alpha value is -4.02. The van der Waals surface area contributed by atoms with Crippen LogP contribution >= 0.6 is 11.6 Å². The van der Waals surface area contributed by atoms with Crippen molar-refractivity contribution in [1.82, 2.24) is 24.5 Å². The van der Waals surface area contributed by atoms with Gasteiger partial charge in [-0.05, 0) is 44.5 Å². The van der Waals surface area contributed by atoms with Gasteiger partial charge in [-0.3, -0.25) is 0 Å². The van der Waals surface area contributed by atoms with Crippen molar-refractivity contribution in [3.05, 3.63) is 72.3 Å². The zero-order valence-electron chi connectivity index (χ0n) is 21.5. The second kappa shape index (κ2) is 10.4. The number of nitrogens with one attached hydrogen (secondary N) is 1. The molecule has 4 heterocycles. The van der Waals surface area contributed by atoms with E-state index in [2.05, 4.69) is 36.7 Å². The number of aryl methyl sites for hydroxylation is 1. The van der Waals surface area contributed by atoms with Crippen molar-refractivity contribution in [3.8, 4) is 11.5 Å². The van der Waals surface area contributed by atoms with E-state index >= 15 is 0 Å². The molecule has 0 saturated carbocycles. The maximum Gasteiger partial charge on any atom is 0.226 e. The molecule has 11 heteroatoms. The Morgan fingerprint density at radius 2 is 2.08 bits per heavy atom. The van der Waals surface area contributed by atoms with Gasteiger partial charge in [-0.15, -0.1) is 0 Å². The van der Waals surface area contributed by atoms with Crippen molar-refractivity contribution in [2.45, 2.75) is 25.9 Å². The number of hydrogen-bond acceptors (Lipinski definition) is 9. The van der Waals surface area contributed by atoms with E-state index in [0.717, 1.165) is 13.0 Å². The van der Waals surface area contributed by atoms with Crippen molar-refractivity contribution < 1.29 is 9.84 Å². The second-order valence-electron chi connectivity index (χ2n) is 9.73. The van der Waals surface area contributed by atoms with Crippen LogP contribution in [0.2, 0.25) is 5.02 Å². The molecule has 1 aromatic carbocycles. The summed E-state index contributed by atoms with van der Waals surface area (Å²) in [5, 5.41) is 14.1. The summed E-state index contributed by atoms with van der Waals surface area (Å²) < 4.78 is 7.86. The lowest BCUT2D eigenvalue weighted by Crippen LogP contribution is -2.33. The first-order chi connectivity index (χ1) is 18.2. The minimum absolute atomic E-state index is 0.149. The Labute approximate surface area is 225 Å². The summed E-state index contributed by atoms with van der Waals surface area (Å²) in [6.07, 6.45) is 7.37. The van der Waals surface area contributed by atoms with Crippen molar-refractivity contribution in [3.63, 3.8) is 0 Å². The van der Waals surface area contributed by atoms with Crippen LogP contribution in [0.3, 0.4) is 0 Å². The number of nitrogens with zero attached hydrogens (tertiary/aromatic N) is 7. The van der Waals surface area contributed by atoms with Crippen LogP contribution in [0, 0.1) is 5.92 Å². The minimum Gasteiger partial charge on any atom is -0.456 e. The number of fused-ring (bicyclic) bond motifs is 1. The van der Waals surface area contributed by atoms with Crippen LogP contribution < -0.4 is 20.4 Å². The van der Waals surface area contributed by atoms with E-state index in [4.69, 9.17) is 21.3 Å². The molecular weight excluding hydrogens is 504 g/mol. The van der Waals surface area contributed by atoms with E-state index in [1.807, 2.05) is 43.8 Å². The maximum absolute atomic E-state index is 10.4. The molecule has 1 atom stereocenters. The molecule has 10 nitrogen and oxygen atoms in total. The monoisotopic (exact) mass is 532 g/mol. The zero-order chi connectivity index (χ0) is 26.9. The van der Waals surface area contributed by atoms with Gasteiger partial charge in [0.1, 0.15) is 34.3 Å². The second-order valence-corrected chi connectivity index (χ2v) is 10.1. The van der Waals surface area contributed by atoms with Gasteiger partial charge in [0.15, 0.2) is 5.82 Å². The molecule has 3 aromatic heterocycles. The van der Waals surface area contributed by atoms with E-state index < -0.39 is 5.60 Å². The number of aromatic nitrogens is 5. The summed E-state index contributed by atoms with van der Waals surface area (Å²) in [6, 6.07) is 9.04. The minimum atomic E-state index is -0.752. The number of ether oxygens (including phenoxy) is 1. The van der Waals surface area contributed by atoms with Crippen LogP contribution in [0.1, 0.15) is 20.3 Å². The highest BCUT2D eigenvalue weighted by Gasteiger charge is 2.34. The summed E-state index contributed by atoms with van der Waals surface area (Å²) in [4.78, 5) is 24.3. The van der Waals surface area contributed by atoms with Gasteiger partial charge in [0, 0.05) is 50.2 Å². The van der Waals surface area contributed by atoms with Gasteiger partial charge in [0.2, 0.25) is 5.95 Å². The van der Waals surface area contributed by atoms with Crippen molar-refractivity contribution >= 4 is 40.1 Å². The topological polar surface area (TPSA) is 114 Å². The molecule has 1 aliphatic heterocycles. The summed E-state index contributed by atoms with van der Waals surface area (Å²) >= 11 is 6.56. The summed E-state index contributed by atoms with van der Waals surface area (Å²) in [5.41, 5.74) is 1.88. The number of benzene rings is 1. The number of aliphatic hydroxyl groups is 1. The standard InChI is InChI=1S/C27H29ClN8O2/c1-5-29-23-13-19(9-10-35(23)4)38-22-7-6-18(12-20(22)28)33-25-24-21(31-16-32-25)14-30-26(34-24)36-11-8-17(15-36)27(2,3)37/h5-7,9-10,12-14,16-17,37H,1,8,11,15H2,2-4H3,(H,31,32,33). The molecule has 2 N–H and O–H groups in total. The highest BCUT2D eigenvalue weighted by atomic mass is 35.5. The van der Waals surface area contributed by atoms with Gasteiger partial charge in [-0.2, -0.15) is 0 Å². The predicted molar refractivity (Wildman–Crippen MR) is 148 cm³/mol. The molecule has 0 radical (unpaired) electrons. The van der Waals surface area contributed by atoms with Gasteiger partial charge in [0.05, 0.1) is 16.8 Å².